The molecular formula is C29H34N4O4. The Hall–Kier alpha value is -3.96. The quantitative estimate of drug-likeness (QED) is 0.253. The van der Waals surface area contributed by atoms with Gasteiger partial charge in [0.15, 0.2) is 0 Å². The van der Waals surface area contributed by atoms with E-state index < -0.39 is 11.5 Å². The molecule has 3 rings (SSSR count). The number of nitrogens with one attached hydrogen (secondary N) is 1. The summed E-state index contributed by atoms with van der Waals surface area (Å²) < 4.78 is 12.9. The van der Waals surface area contributed by atoms with E-state index in [4.69, 9.17) is 9.47 Å². The third-order valence-electron chi connectivity index (χ3n) is 5.70. The number of hydrogen-bond donors (Lipinski definition) is 1. The average molecular weight is 503 g/mol. The minimum Gasteiger partial charge on any atom is -0.438 e. The molecule has 3 aromatic rings. The van der Waals surface area contributed by atoms with Crippen LogP contribution in [-0.4, -0.2) is 34.5 Å². The summed E-state index contributed by atoms with van der Waals surface area (Å²) in [5.74, 6) is -0.0736. The summed E-state index contributed by atoms with van der Waals surface area (Å²) >= 11 is 0. The molecule has 0 aliphatic heterocycles. The maximum atomic E-state index is 13.5. The normalized spacial score (nSPS) is 12.0. The molecule has 0 bridgehead atoms. The van der Waals surface area contributed by atoms with Crippen LogP contribution in [0.15, 0.2) is 53.0 Å². The van der Waals surface area contributed by atoms with E-state index in [0.29, 0.717) is 31.0 Å². The maximum absolute atomic E-state index is 13.5. The molecule has 1 aromatic carbocycles. The Bertz CT molecular complexity index is 1390. The van der Waals surface area contributed by atoms with Crippen molar-refractivity contribution in [2.45, 2.75) is 59.5 Å². The minimum atomic E-state index is -0.582. The van der Waals surface area contributed by atoms with E-state index in [2.05, 4.69) is 31.1 Å². The van der Waals surface area contributed by atoms with E-state index >= 15 is 0 Å². The molecule has 0 saturated heterocycles. The molecule has 2 heterocycles. The van der Waals surface area contributed by atoms with Crippen LogP contribution in [0.1, 0.15) is 57.7 Å². The highest BCUT2D eigenvalue weighted by atomic mass is 16.5. The van der Waals surface area contributed by atoms with Crippen LogP contribution in [-0.2, 0) is 14.9 Å². The topological polar surface area (TPSA) is 106 Å². The number of ether oxygens (including phenoxy) is 2. The summed E-state index contributed by atoms with van der Waals surface area (Å²) in [6.07, 6.45) is 3.53. The summed E-state index contributed by atoms with van der Waals surface area (Å²) in [6, 6.07) is 13.0. The van der Waals surface area contributed by atoms with Crippen LogP contribution in [0.5, 0.6) is 11.6 Å². The maximum Gasteiger partial charge on any atom is 0.269 e. The van der Waals surface area contributed by atoms with Crippen LogP contribution < -0.4 is 15.6 Å². The number of carbonyl (C=O) groups excluding carboxylic acids is 1. The van der Waals surface area contributed by atoms with Gasteiger partial charge in [-0.05, 0) is 68.0 Å². The number of aromatic nitrogens is 2. The molecule has 2 aromatic heterocycles. The molecule has 0 atom stereocenters. The molecule has 0 radical (unpaired) electrons. The monoisotopic (exact) mass is 502 g/mol. The molecule has 0 unspecified atom stereocenters. The molecule has 8 heteroatoms. The molecular weight excluding hydrogens is 468 g/mol. The fourth-order valence-corrected chi connectivity index (χ4v) is 3.61. The summed E-state index contributed by atoms with van der Waals surface area (Å²) in [6.45, 7) is 12.9. The largest absolute Gasteiger partial charge is 0.438 e. The van der Waals surface area contributed by atoms with Gasteiger partial charge in [0.1, 0.15) is 28.6 Å². The fourth-order valence-electron chi connectivity index (χ4n) is 3.61. The molecule has 0 aliphatic carbocycles. The zero-order chi connectivity index (χ0) is 27.2. The average Bonchev–Trinajstić information content (AvgIpc) is 2.84. The smallest absolute Gasteiger partial charge is 0.269 e. The third-order valence-corrected chi connectivity index (χ3v) is 5.70. The first-order chi connectivity index (χ1) is 17.5. The van der Waals surface area contributed by atoms with Gasteiger partial charge in [-0.1, -0.05) is 39.0 Å². The standard InChI is InChI=1S/C29H34N4O4/c1-19(2)36-16-8-14-31-26(34)21(18-30)17-24-27(32-25-20(3)9-7-15-33(25)28(24)35)37-23-12-10-22(11-13-23)29(4,5)6/h7,9-13,15,17,19H,8,14,16H2,1-6H3,(H,31,34)/b21-17+. The molecule has 8 nitrogen and oxygen atoms in total. The van der Waals surface area contributed by atoms with E-state index in [1.54, 1.807) is 12.3 Å². The molecule has 0 aliphatic rings. The van der Waals surface area contributed by atoms with Crippen molar-refractivity contribution in [1.29, 1.82) is 5.26 Å². The highest BCUT2D eigenvalue weighted by Gasteiger charge is 2.19. The lowest BCUT2D eigenvalue weighted by atomic mass is 9.87. The third kappa shape index (κ3) is 7.05. The second-order valence-electron chi connectivity index (χ2n) is 10.1. The van der Waals surface area contributed by atoms with Crippen LogP contribution in [0.25, 0.3) is 11.7 Å². The number of carbonyl (C=O) groups is 1. The van der Waals surface area contributed by atoms with Crippen LogP contribution in [0.2, 0.25) is 0 Å². The van der Waals surface area contributed by atoms with Crippen molar-refractivity contribution in [3.8, 4) is 17.7 Å². The molecule has 0 spiro atoms. The van der Waals surface area contributed by atoms with Gasteiger partial charge in [0.2, 0.25) is 5.88 Å². The molecule has 194 valence electrons. The predicted molar refractivity (Wildman–Crippen MR) is 144 cm³/mol. The molecule has 1 N–H and O–H groups in total. The van der Waals surface area contributed by atoms with Gasteiger partial charge in [0.25, 0.3) is 11.5 Å². The van der Waals surface area contributed by atoms with Gasteiger partial charge < -0.3 is 14.8 Å². The lowest BCUT2D eigenvalue weighted by Gasteiger charge is -2.19. The number of aryl methyl sites for hydroxylation is 1. The van der Waals surface area contributed by atoms with Crippen molar-refractivity contribution in [1.82, 2.24) is 14.7 Å². The van der Waals surface area contributed by atoms with Gasteiger partial charge in [0.05, 0.1) is 6.10 Å². The van der Waals surface area contributed by atoms with E-state index in [-0.39, 0.29) is 28.5 Å². The first-order valence-corrected chi connectivity index (χ1v) is 12.3. The Morgan fingerprint density at radius 1 is 1.22 bits per heavy atom. The summed E-state index contributed by atoms with van der Waals surface area (Å²) in [5, 5.41) is 12.4. The van der Waals surface area contributed by atoms with Crippen LogP contribution in [0.4, 0.5) is 0 Å². The highest BCUT2D eigenvalue weighted by Crippen LogP contribution is 2.28. The van der Waals surface area contributed by atoms with Crippen molar-refractivity contribution >= 4 is 17.6 Å². The van der Waals surface area contributed by atoms with Gasteiger partial charge >= 0.3 is 0 Å². The lowest BCUT2D eigenvalue weighted by molar-refractivity contribution is -0.117. The highest BCUT2D eigenvalue weighted by molar-refractivity contribution is 6.01. The zero-order valence-corrected chi connectivity index (χ0v) is 22.3. The minimum absolute atomic E-state index is 0.0119. The second-order valence-corrected chi connectivity index (χ2v) is 10.1. The van der Waals surface area contributed by atoms with E-state index in [1.807, 2.05) is 57.2 Å². The van der Waals surface area contributed by atoms with Crippen molar-refractivity contribution in [3.05, 3.63) is 75.2 Å². The number of fused-ring (bicyclic) bond motifs is 1. The fraction of sp³-hybridized carbons (Fsp3) is 0.379. The number of nitrogens with zero attached hydrogens (tertiary/aromatic N) is 3. The first kappa shape index (κ1) is 27.6. The van der Waals surface area contributed by atoms with Gasteiger partial charge in [-0.25, -0.2) is 0 Å². The number of hydrogen-bond acceptors (Lipinski definition) is 6. The number of benzene rings is 1. The van der Waals surface area contributed by atoms with Crippen molar-refractivity contribution in [2.75, 3.05) is 13.2 Å². The Kier molecular flexibility index (Phi) is 8.85. The predicted octanol–water partition coefficient (Wildman–Crippen LogP) is 4.93. The Balaban J connectivity index is 1.99. The second kappa shape index (κ2) is 11.8. The Morgan fingerprint density at radius 2 is 1.92 bits per heavy atom. The lowest BCUT2D eigenvalue weighted by Crippen LogP contribution is -2.27. The van der Waals surface area contributed by atoms with Gasteiger partial charge in [-0.2, -0.15) is 10.2 Å². The van der Waals surface area contributed by atoms with Crippen LogP contribution in [0.3, 0.4) is 0 Å². The number of nitriles is 1. The van der Waals surface area contributed by atoms with Crippen LogP contribution >= 0.6 is 0 Å². The van der Waals surface area contributed by atoms with Crippen LogP contribution in [0, 0.1) is 18.3 Å². The van der Waals surface area contributed by atoms with E-state index in [0.717, 1.165) is 11.1 Å². The van der Waals surface area contributed by atoms with Gasteiger partial charge in [0, 0.05) is 19.3 Å². The molecule has 0 saturated carbocycles. The number of amides is 1. The molecule has 1 amide bonds. The molecule has 37 heavy (non-hydrogen) atoms. The zero-order valence-electron chi connectivity index (χ0n) is 22.3. The van der Waals surface area contributed by atoms with Crippen molar-refractivity contribution < 1.29 is 14.3 Å². The van der Waals surface area contributed by atoms with Gasteiger partial charge in [-0.3, -0.25) is 14.0 Å². The van der Waals surface area contributed by atoms with Crippen molar-refractivity contribution in [2.24, 2.45) is 0 Å². The summed E-state index contributed by atoms with van der Waals surface area (Å²) in [7, 11) is 0. The summed E-state index contributed by atoms with van der Waals surface area (Å²) in [5.41, 5.74) is 1.66. The Labute approximate surface area is 217 Å². The SMILES string of the molecule is Cc1cccn2c(=O)c(/C=C(\C#N)C(=O)NCCCOC(C)C)c(Oc3ccc(C(C)(C)C)cc3)nc12. The Morgan fingerprint density at radius 3 is 2.54 bits per heavy atom. The van der Waals surface area contributed by atoms with E-state index in [9.17, 15) is 14.9 Å². The van der Waals surface area contributed by atoms with Gasteiger partial charge in [-0.15, -0.1) is 0 Å². The first-order valence-electron chi connectivity index (χ1n) is 12.3. The number of pyridine rings is 1. The van der Waals surface area contributed by atoms with E-state index in [1.165, 1.54) is 10.5 Å². The summed E-state index contributed by atoms with van der Waals surface area (Å²) in [4.78, 5) is 30.7. The van der Waals surface area contributed by atoms with Crippen molar-refractivity contribution in [3.63, 3.8) is 0 Å². The number of rotatable bonds is 9. The molecule has 0 fully saturated rings.